The van der Waals surface area contributed by atoms with Crippen LogP contribution in [0.25, 0.3) is 32.3 Å². The normalized spacial score (nSPS) is 10.5. The summed E-state index contributed by atoms with van der Waals surface area (Å²) in [7, 11) is 0. The molecule has 1 nitrogen and oxygen atoms in total. The lowest BCUT2D eigenvalue weighted by atomic mass is 10.0. The Kier molecular flexibility index (Phi) is 4.42. The number of aromatic nitrogens is 1. The number of hydrogen-bond donors (Lipinski definition) is 0. The molecule has 0 radical (unpaired) electrons. The highest BCUT2D eigenvalue weighted by Crippen LogP contribution is 2.36. The van der Waals surface area contributed by atoms with Crippen molar-refractivity contribution >= 4 is 33.8 Å². The molecule has 0 aliphatic carbocycles. The van der Waals surface area contributed by atoms with Crippen LogP contribution >= 0.6 is 23.7 Å². The summed E-state index contributed by atoms with van der Waals surface area (Å²) >= 11 is 1.72. The van der Waals surface area contributed by atoms with Crippen molar-refractivity contribution in [2.75, 3.05) is 0 Å². The van der Waals surface area contributed by atoms with Gasteiger partial charge in [0.25, 0.3) is 0 Å². The molecule has 0 spiro atoms. The third-order valence-electron chi connectivity index (χ3n) is 3.73. The minimum Gasteiger partial charge on any atom is -0.264 e. The van der Waals surface area contributed by atoms with E-state index in [9.17, 15) is 4.39 Å². The smallest absolute Gasteiger partial charge is 0.123 e. The molecule has 114 valence electrons. The molecule has 0 aliphatic rings. The molecule has 4 aromatic rings. The van der Waals surface area contributed by atoms with Crippen molar-refractivity contribution in [2.24, 2.45) is 0 Å². The van der Waals surface area contributed by atoms with Crippen LogP contribution in [0, 0.1) is 5.82 Å². The maximum atomic E-state index is 13.0. The molecule has 0 fully saturated rings. The standard InChI is InChI=1S/C19H12FNS.ClH/c20-16-6-3-13(4-7-16)14-5-8-17-18(12-22-19(17)10-14)15-2-1-9-21-11-15;/h1-12H;1H. The predicted molar refractivity (Wildman–Crippen MR) is 97.7 cm³/mol. The van der Waals surface area contributed by atoms with Gasteiger partial charge in [-0.2, -0.15) is 0 Å². The number of thiophene rings is 1. The third kappa shape index (κ3) is 2.98. The third-order valence-corrected chi connectivity index (χ3v) is 4.67. The summed E-state index contributed by atoms with van der Waals surface area (Å²) in [6.45, 7) is 0. The molecule has 4 rings (SSSR count). The van der Waals surface area contributed by atoms with E-state index in [4.69, 9.17) is 0 Å². The van der Waals surface area contributed by atoms with Crippen molar-refractivity contribution in [3.63, 3.8) is 0 Å². The van der Waals surface area contributed by atoms with Crippen LogP contribution in [0.5, 0.6) is 0 Å². The van der Waals surface area contributed by atoms with E-state index in [1.54, 1.807) is 17.5 Å². The minimum atomic E-state index is -0.209. The largest absolute Gasteiger partial charge is 0.264 e. The van der Waals surface area contributed by atoms with E-state index in [1.165, 1.54) is 27.8 Å². The lowest BCUT2D eigenvalue weighted by molar-refractivity contribution is 0.628. The summed E-state index contributed by atoms with van der Waals surface area (Å²) in [6, 6.07) is 17.0. The Hall–Kier alpha value is -2.23. The van der Waals surface area contributed by atoms with E-state index < -0.39 is 0 Å². The monoisotopic (exact) mass is 341 g/mol. The maximum Gasteiger partial charge on any atom is 0.123 e. The number of fused-ring (bicyclic) bond motifs is 1. The summed E-state index contributed by atoms with van der Waals surface area (Å²) in [4.78, 5) is 4.19. The average Bonchev–Trinajstić information content (AvgIpc) is 2.99. The fourth-order valence-electron chi connectivity index (χ4n) is 2.60. The summed E-state index contributed by atoms with van der Waals surface area (Å²) < 4.78 is 14.3. The number of hydrogen-bond acceptors (Lipinski definition) is 2. The van der Waals surface area contributed by atoms with Crippen LogP contribution in [0.3, 0.4) is 0 Å². The fraction of sp³-hybridized carbons (Fsp3) is 0. The highest BCUT2D eigenvalue weighted by Gasteiger charge is 2.08. The molecule has 2 aromatic carbocycles. The Bertz CT molecular complexity index is 933. The zero-order valence-corrected chi connectivity index (χ0v) is 13.7. The number of pyridine rings is 1. The second-order valence-corrected chi connectivity index (χ2v) is 6.02. The van der Waals surface area contributed by atoms with Gasteiger partial charge in [0.2, 0.25) is 0 Å². The van der Waals surface area contributed by atoms with E-state index in [0.717, 1.165) is 16.7 Å². The first-order valence-corrected chi connectivity index (χ1v) is 7.87. The van der Waals surface area contributed by atoms with Crippen molar-refractivity contribution in [2.45, 2.75) is 0 Å². The lowest BCUT2D eigenvalue weighted by Gasteiger charge is -2.03. The van der Waals surface area contributed by atoms with Gasteiger partial charge in [0.05, 0.1) is 0 Å². The van der Waals surface area contributed by atoms with Crippen LogP contribution in [-0.4, -0.2) is 4.98 Å². The van der Waals surface area contributed by atoms with Gasteiger partial charge in [-0.25, -0.2) is 4.39 Å². The molecule has 0 amide bonds. The maximum absolute atomic E-state index is 13.0. The van der Waals surface area contributed by atoms with Gasteiger partial charge in [-0.15, -0.1) is 23.7 Å². The summed E-state index contributed by atoms with van der Waals surface area (Å²) in [5.74, 6) is -0.209. The first kappa shape index (κ1) is 15.7. The molecule has 2 aromatic heterocycles. The molecule has 23 heavy (non-hydrogen) atoms. The van der Waals surface area contributed by atoms with Crippen LogP contribution in [0.15, 0.2) is 72.4 Å². The average molecular weight is 342 g/mol. The van der Waals surface area contributed by atoms with Crippen molar-refractivity contribution in [3.8, 4) is 22.3 Å². The second-order valence-electron chi connectivity index (χ2n) is 5.11. The quantitative estimate of drug-likeness (QED) is 0.423. The lowest BCUT2D eigenvalue weighted by Crippen LogP contribution is -1.80. The van der Waals surface area contributed by atoms with Crippen LogP contribution in [-0.2, 0) is 0 Å². The topological polar surface area (TPSA) is 12.9 Å². The Morgan fingerprint density at radius 2 is 1.65 bits per heavy atom. The van der Waals surface area contributed by atoms with Gasteiger partial charge in [0.15, 0.2) is 0 Å². The molecule has 4 heteroatoms. The van der Waals surface area contributed by atoms with Crippen molar-refractivity contribution in [1.29, 1.82) is 0 Å². The fourth-order valence-corrected chi connectivity index (χ4v) is 3.60. The van der Waals surface area contributed by atoms with Crippen LogP contribution in [0.2, 0.25) is 0 Å². The number of nitrogens with zero attached hydrogens (tertiary/aromatic N) is 1. The molecule has 0 atom stereocenters. The zero-order chi connectivity index (χ0) is 14.9. The van der Waals surface area contributed by atoms with Gasteiger partial charge in [0, 0.05) is 33.6 Å². The molecule has 0 aliphatic heterocycles. The highest BCUT2D eigenvalue weighted by atomic mass is 35.5. The second kappa shape index (κ2) is 6.49. The van der Waals surface area contributed by atoms with Crippen molar-refractivity contribution < 1.29 is 4.39 Å². The van der Waals surface area contributed by atoms with Gasteiger partial charge in [0.1, 0.15) is 5.82 Å². The molecule has 0 saturated carbocycles. The number of rotatable bonds is 2. The molecule has 0 N–H and O–H groups in total. The zero-order valence-electron chi connectivity index (χ0n) is 12.1. The van der Waals surface area contributed by atoms with Gasteiger partial charge in [-0.05, 0) is 40.8 Å². The highest BCUT2D eigenvalue weighted by molar-refractivity contribution is 7.17. The minimum absolute atomic E-state index is 0. The van der Waals surface area contributed by atoms with Gasteiger partial charge < -0.3 is 0 Å². The number of benzene rings is 2. The van der Waals surface area contributed by atoms with E-state index in [0.29, 0.717) is 0 Å². The van der Waals surface area contributed by atoms with E-state index in [2.05, 4.69) is 34.6 Å². The molecular formula is C19H13ClFNS. The summed E-state index contributed by atoms with van der Waals surface area (Å²) in [6.07, 6.45) is 3.67. The molecular weight excluding hydrogens is 329 g/mol. The Morgan fingerprint density at radius 3 is 2.39 bits per heavy atom. The molecule has 0 unspecified atom stereocenters. The summed E-state index contributed by atoms with van der Waals surface area (Å²) in [5, 5.41) is 3.39. The van der Waals surface area contributed by atoms with Crippen molar-refractivity contribution in [3.05, 3.63) is 78.2 Å². The molecule has 0 bridgehead atoms. The first-order valence-electron chi connectivity index (χ1n) is 6.99. The molecule has 0 saturated heterocycles. The SMILES string of the molecule is Cl.Fc1ccc(-c2ccc3c(-c4cccnc4)csc3c2)cc1. The van der Waals surface area contributed by atoms with Crippen molar-refractivity contribution in [1.82, 2.24) is 4.98 Å². The van der Waals surface area contributed by atoms with Crippen LogP contribution in [0.1, 0.15) is 0 Å². The Balaban J connectivity index is 0.00000156. The van der Waals surface area contributed by atoms with Gasteiger partial charge in [-0.1, -0.05) is 30.3 Å². The Morgan fingerprint density at radius 1 is 0.870 bits per heavy atom. The van der Waals surface area contributed by atoms with Crippen LogP contribution in [0.4, 0.5) is 4.39 Å². The summed E-state index contributed by atoms with van der Waals surface area (Å²) in [5.41, 5.74) is 4.47. The van der Waals surface area contributed by atoms with E-state index in [1.807, 2.05) is 24.4 Å². The van der Waals surface area contributed by atoms with Crippen LogP contribution < -0.4 is 0 Å². The van der Waals surface area contributed by atoms with Gasteiger partial charge in [-0.3, -0.25) is 4.98 Å². The van der Waals surface area contributed by atoms with E-state index >= 15 is 0 Å². The Labute approximate surface area is 143 Å². The molecule has 2 heterocycles. The van der Waals surface area contributed by atoms with E-state index in [-0.39, 0.29) is 18.2 Å². The first-order chi connectivity index (χ1) is 10.8. The van der Waals surface area contributed by atoms with Gasteiger partial charge >= 0.3 is 0 Å². The number of halogens is 2. The predicted octanol–water partition coefficient (Wildman–Crippen LogP) is 6.19.